The van der Waals surface area contributed by atoms with Gasteiger partial charge >= 0.3 is 0 Å². The molecular weight excluding hydrogens is 336 g/mol. The van der Waals surface area contributed by atoms with Gasteiger partial charge in [0.15, 0.2) is 0 Å². The van der Waals surface area contributed by atoms with Gasteiger partial charge in [0.2, 0.25) is 15.9 Å². The lowest BCUT2D eigenvalue weighted by molar-refractivity contribution is -0.117. The molecule has 1 aliphatic rings. The first-order valence-electron chi connectivity index (χ1n) is 8.40. The minimum Gasteiger partial charge on any atom is -0.314 e. The number of benzene rings is 2. The second-order valence-electron chi connectivity index (χ2n) is 6.25. The highest BCUT2D eigenvalue weighted by Crippen LogP contribution is 2.24. The average molecular weight is 358 g/mol. The van der Waals surface area contributed by atoms with Crippen molar-refractivity contribution < 1.29 is 13.2 Å². The minimum atomic E-state index is -3.70. The van der Waals surface area contributed by atoms with Gasteiger partial charge in [0, 0.05) is 12.7 Å². The first-order chi connectivity index (χ1) is 12.0. The fourth-order valence-electron chi connectivity index (χ4n) is 3.03. The van der Waals surface area contributed by atoms with Crippen LogP contribution in [0.5, 0.6) is 0 Å². The predicted octanol–water partition coefficient (Wildman–Crippen LogP) is 2.51. The Balaban J connectivity index is 1.68. The summed E-state index contributed by atoms with van der Waals surface area (Å²) in [6, 6.07) is 14.4. The molecule has 3 rings (SSSR count). The summed E-state index contributed by atoms with van der Waals surface area (Å²) < 4.78 is 27.4. The Kier molecular flexibility index (Phi) is 5.20. The lowest BCUT2D eigenvalue weighted by Gasteiger charge is -2.18. The van der Waals surface area contributed by atoms with E-state index in [9.17, 15) is 13.2 Å². The van der Waals surface area contributed by atoms with Crippen LogP contribution in [0.3, 0.4) is 0 Å². The van der Waals surface area contributed by atoms with Crippen molar-refractivity contribution in [3.8, 4) is 0 Å². The highest BCUT2D eigenvalue weighted by molar-refractivity contribution is 7.89. The Morgan fingerprint density at radius 3 is 2.44 bits per heavy atom. The summed E-state index contributed by atoms with van der Waals surface area (Å²) in [6.45, 7) is -0.273. The molecule has 0 fully saturated rings. The molecule has 6 heteroatoms. The molecule has 1 aliphatic carbocycles. The molecule has 25 heavy (non-hydrogen) atoms. The van der Waals surface area contributed by atoms with Crippen molar-refractivity contribution in [1.29, 1.82) is 0 Å². The van der Waals surface area contributed by atoms with Gasteiger partial charge in [0.25, 0.3) is 0 Å². The van der Waals surface area contributed by atoms with Gasteiger partial charge in [0.1, 0.15) is 0 Å². The zero-order valence-electron chi connectivity index (χ0n) is 14.2. The molecule has 2 aromatic carbocycles. The van der Waals surface area contributed by atoms with Crippen molar-refractivity contribution >= 4 is 21.6 Å². The van der Waals surface area contributed by atoms with Crippen molar-refractivity contribution in [3.63, 3.8) is 0 Å². The maximum absolute atomic E-state index is 12.5. The molecule has 132 valence electrons. The number of nitrogens with one attached hydrogen (secondary N) is 1. The Bertz CT molecular complexity index is 863. The van der Waals surface area contributed by atoms with E-state index in [0.29, 0.717) is 0 Å². The van der Waals surface area contributed by atoms with Crippen LogP contribution in [0.1, 0.15) is 24.0 Å². The van der Waals surface area contributed by atoms with Crippen LogP contribution in [-0.2, 0) is 27.7 Å². The molecule has 0 atom stereocenters. The lowest BCUT2D eigenvalue weighted by Crippen LogP contribution is -2.38. The normalized spacial score (nSPS) is 14.0. The lowest BCUT2D eigenvalue weighted by atomic mass is 9.92. The van der Waals surface area contributed by atoms with Crippen molar-refractivity contribution in [2.75, 3.05) is 18.5 Å². The van der Waals surface area contributed by atoms with Crippen molar-refractivity contribution in [2.45, 2.75) is 30.6 Å². The topological polar surface area (TPSA) is 66.5 Å². The maximum atomic E-state index is 12.5. The van der Waals surface area contributed by atoms with Gasteiger partial charge in [-0.3, -0.25) is 4.79 Å². The third-order valence-corrected chi connectivity index (χ3v) is 5.96. The molecule has 1 amide bonds. The molecule has 0 heterocycles. The highest BCUT2D eigenvalue weighted by Gasteiger charge is 2.20. The Hall–Kier alpha value is -2.18. The first-order valence-corrected chi connectivity index (χ1v) is 9.89. The van der Waals surface area contributed by atoms with E-state index in [0.717, 1.165) is 36.9 Å². The minimum absolute atomic E-state index is 0.225. The van der Waals surface area contributed by atoms with Crippen LogP contribution in [0.2, 0.25) is 0 Å². The fourth-order valence-corrected chi connectivity index (χ4v) is 4.06. The molecule has 0 aliphatic heterocycles. The molecule has 0 spiro atoms. The van der Waals surface area contributed by atoms with E-state index in [2.05, 4.69) is 4.72 Å². The first kappa shape index (κ1) is 17.6. The second kappa shape index (κ2) is 7.37. The van der Waals surface area contributed by atoms with Crippen LogP contribution in [-0.4, -0.2) is 27.9 Å². The summed E-state index contributed by atoms with van der Waals surface area (Å²) in [5.74, 6) is -0.312. The largest absolute Gasteiger partial charge is 0.314 e. The number of carbonyl (C=O) groups excluding carboxylic acids is 1. The third kappa shape index (κ3) is 4.08. The molecule has 0 unspecified atom stereocenters. The highest BCUT2D eigenvalue weighted by atomic mass is 32.2. The Morgan fingerprint density at radius 2 is 1.72 bits per heavy atom. The molecule has 2 aromatic rings. The molecule has 0 aromatic heterocycles. The van der Waals surface area contributed by atoms with E-state index in [1.807, 2.05) is 24.3 Å². The summed E-state index contributed by atoms with van der Waals surface area (Å²) in [5, 5.41) is 0. The molecule has 0 radical (unpaired) electrons. The van der Waals surface area contributed by atoms with Gasteiger partial charge in [-0.1, -0.05) is 24.3 Å². The smallest absolute Gasteiger partial charge is 0.241 e. The summed E-state index contributed by atoms with van der Waals surface area (Å²) in [4.78, 5) is 13.9. The van der Waals surface area contributed by atoms with E-state index in [-0.39, 0.29) is 17.3 Å². The summed E-state index contributed by atoms with van der Waals surface area (Å²) in [7, 11) is -2.07. The Morgan fingerprint density at radius 1 is 1.04 bits per heavy atom. The third-order valence-electron chi connectivity index (χ3n) is 4.56. The van der Waals surface area contributed by atoms with Crippen LogP contribution in [0, 0.1) is 0 Å². The number of para-hydroxylation sites is 1. The van der Waals surface area contributed by atoms with Gasteiger partial charge in [-0.25, -0.2) is 13.1 Å². The molecule has 5 nitrogen and oxygen atoms in total. The quantitative estimate of drug-likeness (QED) is 0.893. The van der Waals surface area contributed by atoms with Crippen molar-refractivity contribution in [3.05, 3.63) is 59.7 Å². The SMILES string of the molecule is CN(C(=O)CNS(=O)(=O)c1ccc2c(c1)CCCC2)c1ccccc1. The number of rotatable bonds is 5. The van der Waals surface area contributed by atoms with Crippen molar-refractivity contribution in [1.82, 2.24) is 4.72 Å². The molecule has 1 N–H and O–H groups in total. The monoisotopic (exact) mass is 358 g/mol. The average Bonchev–Trinajstić information content (AvgIpc) is 2.66. The zero-order chi connectivity index (χ0) is 17.9. The number of nitrogens with zero attached hydrogens (tertiary/aromatic N) is 1. The van der Waals surface area contributed by atoms with E-state index < -0.39 is 10.0 Å². The molecule has 0 saturated heterocycles. The van der Waals surface area contributed by atoms with E-state index in [1.165, 1.54) is 10.5 Å². The molecular formula is C19H22N2O3S. The summed E-state index contributed by atoms with van der Waals surface area (Å²) in [6.07, 6.45) is 4.15. The number of hydrogen-bond donors (Lipinski definition) is 1. The summed E-state index contributed by atoms with van der Waals surface area (Å²) in [5.41, 5.74) is 3.05. The van der Waals surface area contributed by atoms with Crippen molar-refractivity contribution in [2.24, 2.45) is 0 Å². The van der Waals surface area contributed by atoms with Crippen LogP contribution in [0.25, 0.3) is 0 Å². The second-order valence-corrected chi connectivity index (χ2v) is 8.02. The van der Waals surface area contributed by atoms with E-state index in [1.54, 1.807) is 31.3 Å². The van der Waals surface area contributed by atoms with Gasteiger partial charge in [-0.2, -0.15) is 0 Å². The van der Waals surface area contributed by atoms with Gasteiger partial charge in [-0.05, 0) is 61.1 Å². The molecule has 0 saturated carbocycles. The number of carbonyl (C=O) groups is 1. The van der Waals surface area contributed by atoms with E-state index in [4.69, 9.17) is 0 Å². The van der Waals surface area contributed by atoms with Crippen LogP contribution in [0.15, 0.2) is 53.4 Å². The number of anilines is 1. The number of hydrogen-bond acceptors (Lipinski definition) is 3. The van der Waals surface area contributed by atoms with Gasteiger partial charge in [-0.15, -0.1) is 0 Å². The number of likely N-dealkylation sites (N-methyl/N-ethyl adjacent to an activating group) is 1. The standard InChI is InChI=1S/C19H22N2O3S/c1-21(17-9-3-2-4-10-17)19(22)14-20-25(23,24)18-12-11-15-7-5-6-8-16(15)13-18/h2-4,9-13,20H,5-8,14H2,1H3. The zero-order valence-corrected chi connectivity index (χ0v) is 15.1. The van der Waals surface area contributed by atoms with Gasteiger partial charge < -0.3 is 4.90 Å². The molecule has 0 bridgehead atoms. The number of sulfonamides is 1. The van der Waals surface area contributed by atoms with Crippen LogP contribution in [0.4, 0.5) is 5.69 Å². The number of aryl methyl sites for hydroxylation is 2. The maximum Gasteiger partial charge on any atom is 0.241 e. The fraction of sp³-hybridized carbons (Fsp3) is 0.316. The number of amides is 1. The Labute approximate surface area is 148 Å². The number of fused-ring (bicyclic) bond motifs is 1. The van der Waals surface area contributed by atoms with E-state index >= 15 is 0 Å². The van der Waals surface area contributed by atoms with Crippen LogP contribution >= 0.6 is 0 Å². The predicted molar refractivity (Wildman–Crippen MR) is 98.1 cm³/mol. The van der Waals surface area contributed by atoms with Crippen LogP contribution < -0.4 is 9.62 Å². The summed E-state index contributed by atoms with van der Waals surface area (Å²) >= 11 is 0. The van der Waals surface area contributed by atoms with Gasteiger partial charge in [0.05, 0.1) is 11.4 Å².